The Labute approximate surface area is 261 Å². The van der Waals surface area contributed by atoms with Crippen LogP contribution >= 0.6 is 0 Å². The summed E-state index contributed by atoms with van der Waals surface area (Å²) in [5, 5.41) is 12.1. The Morgan fingerprint density at radius 1 is 0.907 bits per heavy atom. The summed E-state index contributed by atoms with van der Waals surface area (Å²) >= 11 is 0. The molecule has 1 aromatic rings. The van der Waals surface area contributed by atoms with Gasteiger partial charge < -0.3 is 9.53 Å². The predicted octanol–water partition coefficient (Wildman–Crippen LogP) is 10.0. The lowest BCUT2D eigenvalue weighted by Gasteiger charge is -2.59. The Hall–Kier alpha value is -0.853. The lowest BCUT2D eigenvalue weighted by atomic mass is 9.46. The van der Waals surface area contributed by atoms with E-state index in [2.05, 4.69) is 27.7 Å². The molecule has 0 spiro atoms. The number of hydrogen-bond acceptors (Lipinski definition) is 2. The molecule has 2 nitrogen and oxygen atoms in total. The van der Waals surface area contributed by atoms with Gasteiger partial charge in [-0.25, -0.2) is 0 Å². The van der Waals surface area contributed by atoms with Gasteiger partial charge in [0, 0.05) is 0 Å². The van der Waals surface area contributed by atoms with E-state index >= 15 is 0 Å². The third-order valence-electron chi connectivity index (χ3n) is 14.2. The van der Waals surface area contributed by atoms with E-state index in [9.17, 15) is 18.3 Å². The molecule has 43 heavy (non-hydrogen) atoms. The molecule has 10 atom stereocenters. The molecule has 0 radical (unpaired) electrons. The normalized spacial score (nSPS) is 40.5. The number of halogens is 3. The first-order valence-electron chi connectivity index (χ1n) is 17.5. The average Bonchev–Trinajstić information content (AvgIpc) is 3.24. The summed E-state index contributed by atoms with van der Waals surface area (Å²) in [5.41, 5.74) is -2.10. The van der Waals surface area contributed by atoms with Gasteiger partial charge in [-0.15, -0.1) is 0 Å². The summed E-state index contributed by atoms with van der Waals surface area (Å²) in [6.07, 6.45) is 8.62. The van der Waals surface area contributed by atoms with Crippen molar-refractivity contribution in [3.63, 3.8) is 0 Å². The van der Waals surface area contributed by atoms with Gasteiger partial charge >= 0.3 is 6.18 Å². The molecular formula is C37H59F3O2Si. The number of hydrogen-bond donors (Lipinski definition) is 1. The molecule has 0 amide bonds. The maximum absolute atomic E-state index is 14.7. The molecule has 0 unspecified atom stereocenters. The highest BCUT2D eigenvalue weighted by molar-refractivity contribution is 6.84. The van der Waals surface area contributed by atoms with Gasteiger partial charge in [0.15, 0.2) is 0 Å². The minimum Gasteiger partial charge on any atom is -0.399 e. The molecule has 5 rings (SSSR count). The zero-order chi connectivity index (χ0) is 31.5. The van der Waals surface area contributed by atoms with E-state index in [4.69, 9.17) is 4.43 Å². The Bertz CT molecular complexity index is 1110. The fourth-order valence-corrected chi connectivity index (χ4v) is 13.7. The topological polar surface area (TPSA) is 29.5 Å². The fraction of sp³-hybridized carbons (Fsp3) is 0.838. The number of aliphatic hydroxyl groups is 1. The minimum absolute atomic E-state index is 0.0182. The largest absolute Gasteiger partial charge is 0.416 e. The molecule has 1 aromatic carbocycles. The second kappa shape index (κ2) is 11.7. The highest BCUT2D eigenvalue weighted by Gasteiger charge is 2.61. The van der Waals surface area contributed by atoms with Crippen LogP contribution in [-0.2, 0) is 4.43 Å². The van der Waals surface area contributed by atoms with E-state index in [1.54, 1.807) is 0 Å². The molecule has 0 aromatic heterocycles. The molecule has 4 fully saturated rings. The number of rotatable bonds is 8. The molecule has 4 aliphatic carbocycles. The van der Waals surface area contributed by atoms with Crippen LogP contribution in [0.1, 0.15) is 118 Å². The quantitative estimate of drug-likeness (QED) is 0.293. The Kier molecular flexibility index (Phi) is 9.15. The van der Waals surface area contributed by atoms with Crippen LogP contribution in [0.5, 0.6) is 0 Å². The molecule has 0 saturated heterocycles. The van der Waals surface area contributed by atoms with Gasteiger partial charge in [-0.05, 0) is 155 Å². The Morgan fingerprint density at radius 2 is 1.58 bits per heavy atom. The van der Waals surface area contributed by atoms with E-state index in [1.807, 2.05) is 43.4 Å². The highest BCUT2D eigenvalue weighted by Crippen LogP contribution is 2.68. The van der Waals surface area contributed by atoms with Gasteiger partial charge in [0.05, 0.1) is 5.60 Å². The summed E-state index contributed by atoms with van der Waals surface area (Å²) in [5.74, 6) is 3.57. The van der Waals surface area contributed by atoms with Gasteiger partial charge in [0.25, 0.3) is 0 Å². The lowest BCUT2D eigenvalue weighted by molar-refractivity contribution is -0.248. The van der Waals surface area contributed by atoms with Gasteiger partial charge in [-0.3, -0.25) is 0 Å². The second-order valence-electron chi connectivity index (χ2n) is 16.7. The highest BCUT2D eigenvalue weighted by atomic mass is 28.4. The van der Waals surface area contributed by atoms with Crippen LogP contribution in [-0.4, -0.2) is 30.8 Å². The van der Waals surface area contributed by atoms with Crippen molar-refractivity contribution in [1.29, 1.82) is 0 Å². The summed E-state index contributed by atoms with van der Waals surface area (Å²) in [6.45, 7) is 14.5. The summed E-state index contributed by atoms with van der Waals surface area (Å²) in [6, 6.07) is 9.50. The first-order valence-corrected chi connectivity index (χ1v) is 20.4. The van der Waals surface area contributed by atoms with Gasteiger partial charge in [-0.1, -0.05) is 58.0 Å². The van der Waals surface area contributed by atoms with Crippen LogP contribution in [0.25, 0.3) is 0 Å². The van der Waals surface area contributed by atoms with Gasteiger partial charge in [0.1, 0.15) is 5.60 Å². The standard InChI is InChI=1S/C37H59F3O2Si/c1-8-36(41)23-19-27-14-15-29-31-17-16-30(34(31,4)21-20-32(29)33(27,3)24-25-36)26(2)18-22-35(5,37(38,39)40)42-43(6,7)28-12-10-9-11-13-28/h9-13,26-27,29-32,41H,8,14-25H2,1-7H3/t26-,27+,29+,30-,31+,32+,33+,34-,35-,36-/m1/s1. The molecule has 4 aliphatic rings. The minimum atomic E-state index is -4.41. The number of benzene rings is 1. The monoisotopic (exact) mass is 620 g/mol. The zero-order valence-electron chi connectivity index (χ0n) is 28.0. The third-order valence-corrected chi connectivity index (χ3v) is 16.9. The molecule has 4 saturated carbocycles. The molecule has 6 heteroatoms. The molecular weight excluding hydrogens is 561 g/mol. The first kappa shape index (κ1) is 33.5. The maximum Gasteiger partial charge on any atom is 0.416 e. The van der Waals surface area contributed by atoms with E-state index in [-0.39, 0.29) is 17.8 Å². The van der Waals surface area contributed by atoms with Crippen molar-refractivity contribution in [3.8, 4) is 0 Å². The van der Waals surface area contributed by atoms with Crippen molar-refractivity contribution >= 4 is 13.5 Å². The molecule has 0 bridgehead atoms. The molecule has 1 N–H and O–H groups in total. The molecule has 0 aliphatic heterocycles. The van der Waals surface area contributed by atoms with E-state index in [0.29, 0.717) is 23.7 Å². The summed E-state index contributed by atoms with van der Waals surface area (Å²) in [4.78, 5) is 0. The Balaban J connectivity index is 1.28. The average molecular weight is 621 g/mol. The van der Waals surface area contributed by atoms with Gasteiger partial charge in [0.2, 0.25) is 8.32 Å². The molecule has 244 valence electrons. The van der Waals surface area contributed by atoms with Crippen molar-refractivity contribution in [2.45, 2.75) is 149 Å². The lowest BCUT2D eigenvalue weighted by Crippen LogP contribution is -2.57. The van der Waals surface area contributed by atoms with Crippen LogP contribution < -0.4 is 5.19 Å². The van der Waals surface area contributed by atoms with E-state index in [0.717, 1.165) is 61.5 Å². The maximum atomic E-state index is 14.7. The smallest absolute Gasteiger partial charge is 0.399 e. The van der Waals surface area contributed by atoms with Crippen molar-refractivity contribution in [3.05, 3.63) is 30.3 Å². The third kappa shape index (κ3) is 6.04. The van der Waals surface area contributed by atoms with Crippen LogP contribution in [0.2, 0.25) is 13.1 Å². The predicted molar refractivity (Wildman–Crippen MR) is 173 cm³/mol. The summed E-state index contributed by atoms with van der Waals surface area (Å²) < 4.78 is 50.2. The SMILES string of the molecule is CC[C@@]1(O)CC[C@@H]2CC[C@@H]3[C@H](CC[C@]4(C)[C@@H]([C@H](C)CC[C@@](C)(O[Si](C)(C)c5ccccc5)C(F)(F)F)CC[C@@H]34)[C@@]2(C)CC1. The number of fused-ring (bicyclic) bond motifs is 5. The van der Waals surface area contributed by atoms with E-state index in [1.165, 1.54) is 39.0 Å². The van der Waals surface area contributed by atoms with Crippen molar-refractivity contribution in [2.24, 2.45) is 46.3 Å². The van der Waals surface area contributed by atoms with Crippen molar-refractivity contribution in [2.75, 3.05) is 0 Å². The zero-order valence-corrected chi connectivity index (χ0v) is 29.0. The van der Waals surface area contributed by atoms with Gasteiger partial charge in [-0.2, -0.15) is 13.2 Å². The van der Waals surface area contributed by atoms with Crippen LogP contribution in [0.3, 0.4) is 0 Å². The van der Waals surface area contributed by atoms with Crippen LogP contribution in [0.4, 0.5) is 13.2 Å². The summed E-state index contributed by atoms with van der Waals surface area (Å²) in [7, 11) is -2.76. The Morgan fingerprint density at radius 3 is 2.23 bits per heavy atom. The van der Waals surface area contributed by atoms with Crippen molar-refractivity contribution in [1.82, 2.24) is 0 Å². The van der Waals surface area contributed by atoms with Crippen LogP contribution in [0.15, 0.2) is 30.3 Å². The van der Waals surface area contributed by atoms with Crippen molar-refractivity contribution < 1.29 is 22.7 Å². The van der Waals surface area contributed by atoms with E-state index < -0.39 is 25.7 Å². The number of alkyl halides is 3. The molecule has 0 heterocycles. The second-order valence-corrected chi connectivity index (χ2v) is 20.5. The fourth-order valence-electron chi connectivity index (χ4n) is 11.2. The van der Waals surface area contributed by atoms with Crippen LogP contribution in [0, 0.1) is 46.3 Å². The first-order chi connectivity index (χ1) is 20.0.